The van der Waals surface area contributed by atoms with Crippen molar-refractivity contribution in [1.29, 1.82) is 0 Å². The van der Waals surface area contributed by atoms with Gasteiger partial charge < -0.3 is 10.6 Å². The van der Waals surface area contributed by atoms with Gasteiger partial charge in [-0.2, -0.15) is 13.2 Å². The van der Waals surface area contributed by atoms with E-state index in [2.05, 4.69) is 10.6 Å². The summed E-state index contributed by atoms with van der Waals surface area (Å²) in [6, 6.07) is 4.72. The molecule has 19 heavy (non-hydrogen) atoms. The summed E-state index contributed by atoms with van der Waals surface area (Å²) in [5.41, 5.74) is 0.994. The third kappa shape index (κ3) is 5.74. The maximum absolute atomic E-state index is 12.4. The lowest BCUT2D eigenvalue weighted by Crippen LogP contribution is -2.28. The Morgan fingerprint density at radius 1 is 1.21 bits per heavy atom. The molecule has 6 heteroatoms. The van der Waals surface area contributed by atoms with Gasteiger partial charge in [-0.1, -0.05) is 11.6 Å². The monoisotopic (exact) mass is 288 g/mol. The minimum absolute atomic E-state index is 0.372. The van der Waals surface area contributed by atoms with E-state index in [1.54, 1.807) is 0 Å². The second-order valence-corrected chi connectivity index (χ2v) is 4.60. The number of halogens is 3. The first-order valence-electron chi connectivity index (χ1n) is 5.64. The SMILES string of the molecule is CC(C)=CCNC(=S)Nc1ccc(C(F)(F)F)cc1. The predicted molar refractivity (Wildman–Crippen MR) is 75.1 cm³/mol. The molecule has 1 rings (SSSR count). The summed E-state index contributed by atoms with van der Waals surface area (Å²) < 4.78 is 37.1. The third-order valence-corrected chi connectivity index (χ3v) is 2.49. The fraction of sp³-hybridized carbons (Fsp3) is 0.308. The number of alkyl halides is 3. The van der Waals surface area contributed by atoms with E-state index >= 15 is 0 Å². The minimum atomic E-state index is -4.32. The van der Waals surface area contributed by atoms with Gasteiger partial charge in [-0.15, -0.1) is 0 Å². The topological polar surface area (TPSA) is 24.1 Å². The highest BCUT2D eigenvalue weighted by molar-refractivity contribution is 7.80. The second kappa shape index (κ2) is 6.56. The van der Waals surface area contributed by atoms with Gasteiger partial charge in [0.2, 0.25) is 0 Å². The second-order valence-electron chi connectivity index (χ2n) is 4.19. The van der Waals surface area contributed by atoms with Crippen LogP contribution >= 0.6 is 12.2 Å². The molecule has 2 nitrogen and oxygen atoms in total. The van der Waals surface area contributed by atoms with E-state index < -0.39 is 11.7 Å². The zero-order valence-corrected chi connectivity index (χ0v) is 11.5. The molecule has 0 aliphatic heterocycles. The van der Waals surface area contributed by atoms with Crippen LogP contribution in [0.15, 0.2) is 35.9 Å². The van der Waals surface area contributed by atoms with E-state index in [0.29, 0.717) is 17.3 Å². The van der Waals surface area contributed by atoms with Gasteiger partial charge >= 0.3 is 6.18 Å². The molecule has 104 valence electrons. The van der Waals surface area contributed by atoms with Crippen LogP contribution in [0.5, 0.6) is 0 Å². The predicted octanol–water partition coefficient (Wildman–Crippen LogP) is 3.96. The summed E-state index contributed by atoms with van der Waals surface area (Å²) >= 11 is 5.02. The number of hydrogen-bond acceptors (Lipinski definition) is 1. The van der Waals surface area contributed by atoms with Crippen LogP contribution in [0.1, 0.15) is 19.4 Å². The van der Waals surface area contributed by atoms with Crippen molar-refractivity contribution in [2.45, 2.75) is 20.0 Å². The van der Waals surface area contributed by atoms with Crippen molar-refractivity contribution < 1.29 is 13.2 Å². The van der Waals surface area contributed by atoms with Crippen molar-refractivity contribution in [2.75, 3.05) is 11.9 Å². The fourth-order valence-corrected chi connectivity index (χ4v) is 1.47. The maximum Gasteiger partial charge on any atom is 0.416 e. The molecule has 0 aliphatic carbocycles. The zero-order chi connectivity index (χ0) is 14.5. The van der Waals surface area contributed by atoms with Gasteiger partial charge in [-0.3, -0.25) is 0 Å². The van der Waals surface area contributed by atoms with Crippen LogP contribution in [0, 0.1) is 0 Å². The Morgan fingerprint density at radius 3 is 2.26 bits per heavy atom. The van der Waals surface area contributed by atoms with Gasteiger partial charge in [0.15, 0.2) is 5.11 Å². The first kappa shape index (κ1) is 15.5. The van der Waals surface area contributed by atoms with Crippen molar-refractivity contribution >= 4 is 23.0 Å². The highest BCUT2D eigenvalue weighted by Gasteiger charge is 2.29. The Balaban J connectivity index is 2.54. The van der Waals surface area contributed by atoms with Crippen LogP contribution in [0.2, 0.25) is 0 Å². The van der Waals surface area contributed by atoms with E-state index in [0.717, 1.165) is 17.7 Å². The number of hydrogen-bond donors (Lipinski definition) is 2. The molecule has 0 atom stereocenters. The lowest BCUT2D eigenvalue weighted by atomic mass is 10.2. The molecular weight excluding hydrogens is 273 g/mol. The normalized spacial score (nSPS) is 10.8. The van der Waals surface area contributed by atoms with Gasteiger partial charge in [-0.05, 0) is 50.3 Å². The molecule has 0 bridgehead atoms. The average Bonchev–Trinajstić information content (AvgIpc) is 2.27. The van der Waals surface area contributed by atoms with Gasteiger partial charge in [0.05, 0.1) is 5.56 Å². The molecule has 0 aromatic heterocycles. The smallest absolute Gasteiger partial charge is 0.359 e. The molecule has 0 heterocycles. The van der Waals surface area contributed by atoms with Crippen molar-refractivity contribution in [3.8, 4) is 0 Å². The van der Waals surface area contributed by atoms with Crippen LogP contribution in [0.4, 0.5) is 18.9 Å². The van der Waals surface area contributed by atoms with Crippen molar-refractivity contribution in [3.05, 3.63) is 41.5 Å². The number of thiocarbonyl (C=S) groups is 1. The summed E-state index contributed by atoms with van der Waals surface area (Å²) in [5.74, 6) is 0. The van der Waals surface area contributed by atoms with Gasteiger partial charge in [0, 0.05) is 12.2 Å². The maximum atomic E-state index is 12.4. The molecule has 1 aromatic rings. The standard InChI is InChI=1S/C13H15F3N2S/c1-9(2)7-8-17-12(19)18-11-5-3-10(4-6-11)13(14,15)16/h3-7H,8H2,1-2H3,(H2,17,18,19). The van der Waals surface area contributed by atoms with Crippen molar-refractivity contribution in [3.63, 3.8) is 0 Å². The van der Waals surface area contributed by atoms with Crippen LogP contribution in [-0.4, -0.2) is 11.7 Å². The fourth-order valence-electron chi connectivity index (χ4n) is 1.27. The molecule has 0 unspecified atom stereocenters. The number of anilines is 1. The lowest BCUT2D eigenvalue weighted by Gasteiger charge is -2.11. The van der Waals surface area contributed by atoms with Crippen LogP contribution < -0.4 is 10.6 Å². The number of benzene rings is 1. The number of nitrogens with one attached hydrogen (secondary N) is 2. The largest absolute Gasteiger partial charge is 0.416 e. The Bertz CT molecular complexity index is 460. The van der Waals surface area contributed by atoms with Crippen LogP contribution in [-0.2, 0) is 6.18 Å². The molecule has 1 aromatic carbocycles. The average molecular weight is 288 g/mol. The van der Waals surface area contributed by atoms with E-state index in [9.17, 15) is 13.2 Å². The molecule has 0 fully saturated rings. The summed E-state index contributed by atoms with van der Waals surface area (Å²) in [7, 11) is 0. The quantitative estimate of drug-likeness (QED) is 0.650. The van der Waals surface area contributed by atoms with E-state index in [-0.39, 0.29) is 0 Å². The minimum Gasteiger partial charge on any atom is -0.359 e. The Hall–Kier alpha value is -1.56. The third-order valence-electron chi connectivity index (χ3n) is 2.24. The molecular formula is C13H15F3N2S. The summed E-state index contributed by atoms with van der Waals surface area (Å²) in [4.78, 5) is 0. The van der Waals surface area contributed by atoms with Crippen LogP contribution in [0.25, 0.3) is 0 Å². The van der Waals surface area contributed by atoms with Gasteiger partial charge in [-0.25, -0.2) is 0 Å². The Morgan fingerprint density at radius 2 is 1.79 bits per heavy atom. The van der Waals surface area contributed by atoms with Gasteiger partial charge in [0.1, 0.15) is 0 Å². The molecule has 0 saturated heterocycles. The number of allylic oxidation sites excluding steroid dienone is 1. The highest BCUT2D eigenvalue weighted by Crippen LogP contribution is 2.29. The molecule has 0 spiro atoms. The zero-order valence-electron chi connectivity index (χ0n) is 10.6. The van der Waals surface area contributed by atoms with E-state index in [1.165, 1.54) is 12.1 Å². The molecule has 0 saturated carbocycles. The molecule has 2 N–H and O–H groups in total. The highest BCUT2D eigenvalue weighted by atomic mass is 32.1. The lowest BCUT2D eigenvalue weighted by molar-refractivity contribution is -0.137. The first-order chi connectivity index (χ1) is 8.79. The van der Waals surface area contributed by atoms with Crippen LogP contribution in [0.3, 0.4) is 0 Å². The van der Waals surface area contributed by atoms with Crippen molar-refractivity contribution in [2.24, 2.45) is 0 Å². The summed E-state index contributed by atoms with van der Waals surface area (Å²) in [6.07, 6.45) is -2.36. The van der Waals surface area contributed by atoms with E-state index in [1.807, 2.05) is 19.9 Å². The first-order valence-corrected chi connectivity index (χ1v) is 6.05. The van der Waals surface area contributed by atoms with Crippen molar-refractivity contribution in [1.82, 2.24) is 5.32 Å². The summed E-state index contributed by atoms with van der Waals surface area (Å²) in [5, 5.41) is 6.12. The Labute approximate surface area is 115 Å². The van der Waals surface area contributed by atoms with E-state index in [4.69, 9.17) is 12.2 Å². The molecule has 0 aliphatic rings. The molecule has 0 radical (unpaired) electrons. The summed E-state index contributed by atoms with van der Waals surface area (Å²) in [6.45, 7) is 4.51. The number of rotatable bonds is 3. The van der Waals surface area contributed by atoms with Gasteiger partial charge in [0.25, 0.3) is 0 Å². The molecule has 0 amide bonds. The Kier molecular flexibility index (Phi) is 5.35.